The third-order valence-electron chi connectivity index (χ3n) is 8.46. The Labute approximate surface area is 232 Å². The molecule has 0 spiro atoms. The lowest BCUT2D eigenvalue weighted by atomic mass is 9.51. The number of aromatic nitrogens is 2. The maximum Gasteiger partial charge on any atom is 0.0934 e. The molecule has 1 aromatic carbocycles. The molecule has 7 nitrogen and oxygen atoms in total. The summed E-state index contributed by atoms with van der Waals surface area (Å²) in [5, 5.41) is 4.80. The van der Waals surface area contributed by atoms with Crippen LogP contribution in [0.3, 0.4) is 0 Å². The van der Waals surface area contributed by atoms with Crippen LogP contribution < -0.4 is 17.2 Å². The van der Waals surface area contributed by atoms with Crippen LogP contribution in [-0.2, 0) is 11.8 Å². The van der Waals surface area contributed by atoms with Gasteiger partial charge >= 0.3 is 0 Å². The number of allylic oxidation sites excluding steroid dienone is 2. The third kappa shape index (κ3) is 6.60. The standard InChI is InChI=1S/C15H25B2NO.C13H17N5.CH4/c1-14(2)8-13(6-7-19-14)15(16,17)18-9-11-4-3-5-12(11)10-18;1-8-9(11(14)4-6-13(15)16)3-5-12-10(8)7-18(2)17-12;/h11-13H,3-10H2,1-2H3;3-7H,14-16H2,1-2H3;1H4/b;11-4-;. The van der Waals surface area contributed by atoms with E-state index in [4.69, 9.17) is 37.6 Å². The van der Waals surface area contributed by atoms with Crippen molar-refractivity contribution in [1.82, 2.24) is 14.7 Å². The Morgan fingerprint density at radius 3 is 2.37 bits per heavy atom. The van der Waals surface area contributed by atoms with E-state index in [9.17, 15) is 0 Å². The maximum absolute atomic E-state index is 6.57. The van der Waals surface area contributed by atoms with Crippen LogP contribution in [-0.4, -0.2) is 61.0 Å². The Bertz CT molecular complexity index is 1160. The third-order valence-corrected chi connectivity index (χ3v) is 8.46. The summed E-state index contributed by atoms with van der Waals surface area (Å²) in [5.41, 5.74) is 20.3. The van der Waals surface area contributed by atoms with Crippen molar-refractivity contribution < 1.29 is 4.74 Å². The minimum absolute atomic E-state index is 0. The summed E-state index contributed by atoms with van der Waals surface area (Å²) in [7, 11) is 15.0. The van der Waals surface area contributed by atoms with Crippen LogP contribution in [0.1, 0.15) is 64.5 Å². The lowest BCUT2D eigenvalue weighted by Crippen LogP contribution is -2.57. The van der Waals surface area contributed by atoms with Crippen LogP contribution in [0.15, 0.2) is 36.3 Å². The summed E-state index contributed by atoms with van der Waals surface area (Å²) in [6, 6.07) is 3.91. The van der Waals surface area contributed by atoms with Gasteiger partial charge in [-0.25, -0.2) is 0 Å². The fourth-order valence-corrected chi connectivity index (χ4v) is 6.37. The van der Waals surface area contributed by atoms with Crippen LogP contribution in [0.4, 0.5) is 0 Å². The van der Waals surface area contributed by atoms with Gasteiger partial charge in [0.2, 0.25) is 0 Å². The molecule has 0 amide bonds. The van der Waals surface area contributed by atoms with Crippen LogP contribution in [0.25, 0.3) is 16.6 Å². The molecule has 9 heteroatoms. The summed E-state index contributed by atoms with van der Waals surface area (Å²) in [5.74, 6) is 2.27. The highest BCUT2D eigenvalue weighted by atomic mass is 16.5. The van der Waals surface area contributed by atoms with Crippen molar-refractivity contribution in [2.75, 3.05) is 19.7 Å². The van der Waals surface area contributed by atoms with Crippen molar-refractivity contribution >= 4 is 32.3 Å². The van der Waals surface area contributed by atoms with Gasteiger partial charge in [-0.15, -0.1) is 0 Å². The lowest BCUT2D eigenvalue weighted by molar-refractivity contribution is -0.0837. The molecule has 38 heavy (non-hydrogen) atoms. The second-order valence-corrected chi connectivity index (χ2v) is 11.8. The molecule has 3 atom stereocenters. The van der Waals surface area contributed by atoms with E-state index in [-0.39, 0.29) is 18.8 Å². The van der Waals surface area contributed by atoms with Gasteiger partial charge in [0.05, 0.1) is 32.6 Å². The predicted molar refractivity (Wildman–Crippen MR) is 160 cm³/mol. The van der Waals surface area contributed by atoms with Gasteiger partial charge in [0.15, 0.2) is 0 Å². The summed E-state index contributed by atoms with van der Waals surface area (Å²) in [6.07, 6.45) is 11.4. The predicted octanol–water partition coefficient (Wildman–Crippen LogP) is 3.49. The van der Waals surface area contributed by atoms with Crippen molar-refractivity contribution in [3.63, 3.8) is 0 Å². The van der Waals surface area contributed by atoms with Gasteiger partial charge in [0.1, 0.15) is 0 Å². The Morgan fingerprint density at radius 1 is 1.11 bits per heavy atom. The largest absolute Gasteiger partial charge is 0.398 e. The average molecular weight is 516 g/mol. The molecule has 3 aliphatic rings. The normalized spacial score (nSPS) is 25.3. The molecule has 3 heterocycles. The van der Waals surface area contributed by atoms with E-state index in [0.717, 1.165) is 66.4 Å². The highest BCUT2D eigenvalue weighted by Gasteiger charge is 2.45. The average Bonchev–Trinajstić information content (AvgIpc) is 3.52. The van der Waals surface area contributed by atoms with Gasteiger partial charge in [-0.05, 0) is 88.0 Å². The molecule has 6 N–H and O–H groups in total. The number of hydrogen-bond donors (Lipinski definition) is 3. The fraction of sp³-hybridized carbons (Fsp3) is 0.621. The minimum Gasteiger partial charge on any atom is -0.398 e. The smallest absolute Gasteiger partial charge is 0.0934 e. The Balaban J connectivity index is 0.000000206. The molecule has 1 aromatic heterocycles. The minimum atomic E-state index is -0.647. The Kier molecular flexibility index (Phi) is 9.36. The first-order valence-electron chi connectivity index (χ1n) is 13.5. The first-order chi connectivity index (χ1) is 17.4. The molecule has 5 rings (SSSR count). The first-order valence-corrected chi connectivity index (χ1v) is 13.5. The van der Waals surface area contributed by atoms with Crippen molar-refractivity contribution in [2.24, 2.45) is 42.0 Å². The van der Waals surface area contributed by atoms with E-state index in [1.165, 1.54) is 19.3 Å². The second-order valence-electron chi connectivity index (χ2n) is 11.8. The SMILES string of the molecule is C.Cc1c(/C(N)=C/C=C(N)N)ccc2nn(C)cc12.[B]C([B])(C1CCOC(C)(C)C1)N1CC2CCCC2C1. The Hall–Kier alpha value is -2.38. The summed E-state index contributed by atoms with van der Waals surface area (Å²) < 4.78 is 7.59. The molecule has 204 valence electrons. The van der Waals surface area contributed by atoms with Gasteiger partial charge in [-0.1, -0.05) is 25.3 Å². The molecule has 1 aliphatic carbocycles. The number of fused-ring (bicyclic) bond motifs is 2. The second kappa shape index (κ2) is 11.8. The molecule has 4 radical (unpaired) electrons. The van der Waals surface area contributed by atoms with E-state index in [1.807, 2.05) is 32.3 Å². The molecule has 1 saturated carbocycles. The summed E-state index contributed by atoms with van der Waals surface area (Å²) >= 11 is 0. The van der Waals surface area contributed by atoms with Crippen LogP contribution in [0, 0.1) is 24.7 Å². The molecule has 2 aromatic rings. The van der Waals surface area contributed by atoms with E-state index >= 15 is 0 Å². The number of rotatable bonds is 4. The van der Waals surface area contributed by atoms with Crippen LogP contribution in [0.2, 0.25) is 0 Å². The molecule has 3 fully saturated rings. The van der Waals surface area contributed by atoms with E-state index in [0.29, 0.717) is 11.6 Å². The van der Waals surface area contributed by atoms with Gasteiger partial charge in [0, 0.05) is 49.6 Å². The van der Waals surface area contributed by atoms with Crippen LogP contribution >= 0.6 is 0 Å². The molecule has 3 unspecified atom stereocenters. The number of ether oxygens (including phenoxy) is 1. The van der Waals surface area contributed by atoms with Gasteiger partial charge in [0.25, 0.3) is 0 Å². The van der Waals surface area contributed by atoms with Gasteiger partial charge in [-0.2, -0.15) is 5.10 Å². The number of nitrogens with two attached hydrogens (primary N) is 3. The zero-order chi connectivity index (χ0) is 27.0. The number of nitrogens with zero attached hydrogens (tertiary/aromatic N) is 3. The highest BCUT2D eigenvalue weighted by molar-refractivity contribution is 6.40. The Morgan fingerprint density at radius 2 is 1.76 bits per heavy atom. The van der Waals surface area contributed by atoms with Crippen LogP contribution in [0.5, 0.6) is 0 Å². The zero-order valence-corrected chi connectivity index (χ0v) is 22.9. The monoisotopic (exact) mass is 516 g/mol. The summed E-state index contributed by atoms with van der Waals surface area (Å²) in [6.45, 7) is 9.32. The number of likely N-dealkylation sites (tertiary alicyclic amines) is 1. The molecule has 2 aliphatic heterocycles. The van der Waals surface area contributed by atoms with Gasteiger partial charge < -0.3 is 26.8 Å². The molecule has 0 bridgehead atoms. The number of aryl methyl sites for hydroxylation is 2. The lowest BCUT2D eigenvalue weighted by Gasteiger charge is -2.49. The molecular weight excluding hydrogens is 470 g/mol. The van der Waals surface area contributed by atoms with Crippen molar-refractivity contribution in [3.8, 4) is 0 Å². The van der Waals surface area contributed by atoms with E-state index < -0.39 is 5.34 Å². The highest BCUT2D eigenvalue weighted by Crippen LogP contribution is 2.43. The zero-order valence-electron chi connectivity index (χ0n) is 22.9. The van der Waals surface area contributed by atoms with E-state index in [2.05, 4.69) is 23.8 Å². The quantitative estimate of drug-likeness (QED) is 0.424. The van der Waals surface area contributed by atoms with Crippen molar-refractivity contribution in [3.05, 3.63) is 47.4 Å². The van der Waals surface area contributed by atoms with E-state index in [1.54, 1.807) is 16.8 Å². The van der Waals surface area contributed by atoms with Crippen molar-refractivity contribution in [2.45, 2.75) is 71.2 Å². The number of benzene rings is 1. The summed E-state index contributed by atoms with van der Waals surface area (Å²) in [4.78, 5) is 2.37. The number of hydrogen-bond acceptors (Lipinski definition) is 6. The van der Waals surface area contributed by atoms with Crippen molar-refractivity contribution in [1.29, 1.82) is 0 Å². The first kappa shape index (κ1) is 30.2. The molecular formula is C29H46B2N6O. The fourth-order valence-electron chi connectivity index (χ4n) is 6.37. The van der Waals surface area contributed by atoms with Gasteiger partial charge in [-0.3, -0.25) is 4.68 Å². The molecule has 2 saturated heterocycles. The maximum atomic E-state index is 6.57. The topological polar surface area (TPSA) is 108 Å².